The van der Waals surface area contributed by atoms with E-state index < -0.39 is 23.5 Å². The standard InChI is InChI=1S/C34H31F4N3O5/c1-44-33(43)23-12-14-29(30(17-23)39-19-26-4-3-15-45-26)40-31(42)16-21-7-9-22(10-8-21)28-5-2-6-32(41-28)46-20-24-11-13-25(18-27(24)35)34(36,37)38/h2,5-14,17-18,26,39H,3-4,15-16,19-20H2,1H3,(H,40,42)/t26-/m0/s1. The number of amides is 1. The smallest absolute Gasteiger partial charge is 0.416 e. The first kappa shape index (κ1) is 32.4. The molecule has 1 aliphatic heterocycles. The monoisotopic (exact) mass is 637 g/mol. The quantitative estimate of drug-likeness (QED) is 0.134. The van der Waals surface area contributed by atoms with Gasteiger partial charge < -0.3 is 24.8 Å². The van der Waals surface area contributed by atoms with Crippen LogP contribution in [0.4, 0.5) is 28.9 Å². The summed E-state index contributed by atoms with van der Waals surface area (Å²) >= 11 is 0. The Kier molecular flexibility index (Phi) is 10.2. The van der Waals surface area contributed by atoms with E-state index in [0.717, 1.165) is 36.1 Å². The number of carbonyl (C=O) groups excluding carboxylic acids is 2. The molecule has 2 heterocycles. The van der Waals surface area contributed by atoms with E-state index in [1.165, 1.54) is 7.11 Å². The summed E-state index contributed by atoms with van der Waals surface area (Å²) in [5, 5.41) is 6.19. The lowest BCUT2D eigenvalue weighted by atomic mass is 10.1. The maximum Gasteiger partial charge on any atom is 0.416 e. The van der Waals surface area contributed by atoms with Crippen molar-refractivity contribution in [3.05, 3.63) is 107 Å². The van der Waals surface area contributed by atoms with Crippen LogP contribution in [-0.4, -0.2) is 43.2 Å². The minimum absolute atomic E-state index is 0.0343. The largest absolute Gasteiger partial charge is 0.473 e. The number of hydrogen-bond donors (Lipinski definition) is 2. The molecule has 1 aromatic heterocycles. The van der Waals surface area contributed by atoms with E-state index in [2.05, 4.69) is 15.6 Å². The van der Waals surface area contributed by atoms with Crippen molar-refractivity contribution in [2.24, 2.45) is 0 Å². The van der Waals surface area contributed by atoms with Crippen LogP contribution in [-0.2, 0) is 33.5 Å². The lowest BCUT2D eigenvalue weighted by Crippen LogP contribution is -2.21. The highest BCUT2D eigenvalue weighted by molar-refractivity contribution is 5.98. The van der Waals surface area contributed by atoms with Crippen LogP contribution >= 0.6 is 0 Å². The number of carbonyl (C=O) groups is 2. The Bertz CT molecular complexity index is 1690. The van der Waals surface area contributed by atoms with Crippen molar-refractivity contribution in [2.75, 3.05) is 30.9 Å². The van der Waals surface area contributed by atoms with Crippen LogP contribution in [0.5, 0.6) is 5.88 Å². The van der Waals surface area contributed by atoms with Gasteiger partial charge in [0, 0.05) is 30.3 Å². The van der Waals surface area contributed by atoms with Crippen LogP contribution in [0, 0.1) is 5.82 Å². The van der Waals surface area contributed by atoms with Crippen molar-refractivity contribution in [1.29, 1.82) is 0 Å². The normalized spacial score (nSPS) is 14.5. The topological polar surface area (TPSA) is 98.8 Å². The molecule has 5 rings (SSSR count). The van der Waals surface area contributed by atoms with Gasteiger partial charge in [-0.15, -0.1) is 0 Å². The number of benzene rings is 3. The number of alkyl halides is 3. The molecule has 12 heteroatoms. The molecule has 2 N–H and O–H groups in total. The molecular formula is C34H31F4N3O5. The molecule has 0 unspecified atom stereocenters. The van der Waals surface area contributed by atoms with E-state index in [-0.39, 0.29) is 36.5 Å². The van der Waals surface area contributed by atoms with E-state index >= 15 is 0 Å². The molecule has 3 aromatic carbocycles. The van der Waals surface area contributed by atoms with Gasteiger partial charge in [-0.05, 0) is 54.8 Å². The summed E-state index contributed by atoms with van der Waals surface area (Å²) in [7, 11) is 1.30. The SMILES string of the molecule is COC(=O)c1ccc(NC(=O)Cc2ccc(-c3cccc(OCc4ccc(C(F)(F)F)cc4F)n3)cc2)c(NC[C@@H]2CCCO2)c1. The molecular weight excluding hydrogens is 606 g/mol. The minimum atomic E-state index is -4.64. The third-order valence-corrected chi connectivity index (χ3v) is 7.35. The lowest BCUT2D eigenvalue weighted by molar-refractivity contribution is -0.137. The van der Waals surface area contributed by atoms with Gasteiger partial charge in [-0.3, -0.25) is 4.79 Å². The van der Waals surface area contributed by atoms with Gasteiger partial charge in [-0.25, -0.2) is 14.2 Å². The second-order valence-electron chi connectivity index (χ2n) is 10.6. The number of nitrogens with zero attached hydrogens (tertiary/aromatic N) is 1. The Morgan fingerprint density at radius 2 is 1.80 bits per heavy atom. The summed E-state index contributed by atoms with van der Waals surface area (Å²) in [4.78, 5) is 29.5. The number of anilines is 2. The Balaban J connectivity index is 1.20. The average molecular weight is 638 g/mol. The van der Waals surface area contributed by atoms with E-state index in [0.29, 0.717) is 41.9 Å². The van der Waals surface area contributed by atoms with E-state index in [4.69, 9.17) is 14.2 Å². The summed E-state index contributed by atoms with van der Waals surface area (Å²) in [5.74, 6) is -1.60. The molecule has 0 radical (unpaired) electrons. The van der Waals surface area contributed by atoms with Crippen molar-refractivity contribution < 1.29 is 41.4 Å². The predicted molar refractivity (Wildman–Crippen MR) is 163 cm³/mol. The maximum absolute atomic E-state index is 14.2. The number of ether oxygens (including phenoxy) is 3. The minimum Gasteiger partial charge on any atom is -0.473 e. The molecule has 8 nitrogen and oxygen atoms in total. The van der Waals surface area contributed by atoms with Gasteiger partial charge in [0.25, 0.3) is 0 Å². The number of methoxy groups -OCH3 is 1. The van der Waals surface area contributed by atoms with Crippen LogP contribution < -0.4 is 15.4 Å². The first-order valence-corrected chi connectivity index (χ1v) is 14.5. The number of nitrogens with one attached hydrogen (secondary N) is 2. The van der Waals surface area contributed by atoms with Gasteiger partial charge >= 0.3 is 12.1 Å². The fraction of sp³-hybridized carbons (Fsp3) is 0.265. The number of pyridine rings is 1. The summed E-state index contributed by atoms with van der Waals surface area (Å²) < 4.78 is 68.7. The molecule has 1 aliphatic rings. The Hall–Kier alpha value is -4.97. The molecule has 0 aliphatic carbocycles. The Morgan fingerprint density at radius 3 is 2.50 bits per heavy atom. The van der Waals surface area contributed by atoms with Gasteiger partial charge in [-0.1, -0.05) is 36.4 Å². The zero-order valence-electron chi connectivity index (χ0n) is 24.8. The third kappa shape index (κ3) is 8.39. The van der Waals surface area contributed by atoms with Crippen molar-refractivity contribution in [1.82, 2.24) is 4.98 Å². The van der Waals surface area contributed by atoms with Crippen molar-refractivity contribution >= 4 is 23.3 Å². The number of hydrogen-bond acceptors (Lipinski definition) is 7. The van der Waals surface area contributed by atoms with Gasteiger partial charge in [-0.2, -0.15) is 13.2 Å². The molecule has 1 saturated heterocycles. The maximum atomic E-state index is 14.2. The van der Waals surface area contributed by atoms with Crippen LogP contribution in [0.3, 0.4) is 0 Å². The number of rotatable bonds is 11. The fourth-order valence-electron chi connectivity index (χ4n) is 4.89. The summed E-state index contributed by atoms with van der Waals surface area (Å²) in [6, 6.07) is 19.3. The predicted octanol–water partition coefficient (Wildman–Crippen LogP) is 7.04. The highest BCUT2D eigenvalue weighted by Crippen LogP contribution is 2.31. The van der Waals surface area contributed by atoms with Crippen LogP contribution in [0.15, 0.2) is 78.9 Å². The molecule has 4 aromatic rings. The number of halogens is 4. The Morgan fingerprint density at radius 1 is 1.00 bits per heavy atom. The fourth-order valence-corrected chi connectivity index (χ4v) is 4.89. The molecule has 1 fully saturated rings. The van der Waals surface area contributed by atoms with Crippen molar-refractivity contribution in [3.8, 4) is 17.1 Å². The van der Waals surface area contributed by atoms with E-state index in [1.54, 1.807) is 60.7 Å². The summed E-state index contributed by atoms with van der Waals surface area (Å²) in [5.41, 5.74) is 2.36. The van der Waals surface area contributed by atoms with Crippen LogP contribution in [0.2, 0.25) is 0 Å². The molecule has 0 saturated carbocycles. The number of esters is 1. The molecule has 0 spiro atoms. The highest BCUT2D eigenvalue weighted by atomic mass is 19.4. The van der Waals surface area contributed by atoms with Crippen molar-refractivity contribution in [2.45, 2.75) is 38.1 Å². The van der Waals surface area contributed by atoms with E-state index in [1.807, 2.05) is 0 Å². The molecule has 1 atom stereocenters. The summed E-state index contributed by atoms with van der Waals surface area (Å²) in [6.07, 6.45) is -2.59. The van der Waals surface area contributed by atoms with Crippen LogP contribution in [0.25, 0.3) is 11.3 Å². The van der Waals surface area contributed by atoms with Crippen LogP contribution in [0.1, 0.15) is 39.9 Å². The zero-order valence-corrected chi connectivity index (χ0v) is 24.8. The second-order valence-corrected chi connectivity index (χ2v) is 10.6. The average Bonchev–Trinajstić information content (AvgIpc) is 3.57. The third-order valence-electron chi connectivity index (χ3n) is 7.35. The first-order chi connectivity index (χ1) is 22.1. The van der Waals surface area contributed by atoms with Gasteiger partial charge in [0.15, 0.2) is 0 Å². The molecule has 0 bridgehead atoms. The molecule has 46 heavy (non-hydrogen) atoms. The first-order valence-electron chi connectivity index (χ1n) is 14.5. The van der Waals surface area contributed by atoms with Crippen molar-refractivity contribution in [3.63, 3.8) is 0 Å². The highest BCUT2D eigenvalue weighted by Gasteiger charge is 2.31. The Labute approximate surface area is 262 Å². The molecule has 240 valence electrons. The summed E-state index contributed by atoms with van der Waals surface area (Å²) in [6.45, 7) is 0.936. The zero-order chi connectivity index (χ0) is 32.7. The van der Waals surface area contributed by atoms with Gasteiger partial charge in [0.05, 0.1) is 47.8 Å². The van der Waals surface area contributed by atoms with Gasteiger partial charge in [0.1, 0.15) is 12.4 Å². The second kappa shape index (κ2) is 14.4. The lowest BCUT2D eigenvalue weighted by Gasteiger charge is -2.17. The van der Waals surface area contributed by atoms with E-state index in [9.17, 15) is 27.2 Å². The van der Waals surface area contributed by atoms with Gasteiger partial charge in [0.2, 0.25) is 11.8 Å². The molecule has 1 amide bonds. The number of aromatic nitrogens is 1.